The molecule has 0 aliphatic heterocycles. The predicted molar refractivity (Wildman–Crippen MR) is 139 cm³/mol. The molecule has 36 heavy (non-hydrogen) atoms. The van der Waals surface area contributed by atoms with Crippen molar-refractivity contribution in [2.24, 2.45) is 4.99 Å². The summed E-state index contributed by atoms with van der Waals surface area (Å²) in [5, 5.41) is 0. The molecule has 0 saturated heterocycles. The van der Waals surface area contributed by atoms with Crippen LogP contribution in [0.25, 0.3) is 10.2 Å². The normalized spacial score (nSPS) is 12.3. The predicted octanol–water partition coefficient (Wildman–Crippen LogP) is 3.83. The molecule has 0 fully saturated rings. The van der Waals surface area contributed by atoms with Crippen LogP contribution in [0, 0.1) is 0 Å². The number of carbonyl (C=O) groups is 2. The van der Waals surface area contributed by atoms with E-state index in [0.29, 0.717) is 29.2 Å². The van der Waals surface area contributed by atoms with Crippen molar-refractivity contribution in [3.8, 4) is 5.75 Å². The average molecular weight is 534 g/mol. The van der Waals surface area contributed by atoms with Crippen molar-refractivity contribution in [1.82, 2.24) is 8.87 Å². The number of benzene rings is 2. The van der Waals surface area contributed by atoms with E-state index < -0.39 is 21.9 Å². The monoisotopic (exact) mass is 533 g/mol. The second-order valence-corrected chi connectivity index (χ2v) is 11.0. The first kappa shape index (κ1) is 27.6. The van der Waals surface area contributed by atoms with Crippen LogP contribution in [0.1, 0.15) is 44.0 Å². The van der Waals surface area contributed by atoms with E-state index in [2.05, 4.69) is 4.99 Å². The number of carbonyl (C=O) groups excluding carboxylic acids is 2. The smallest absolute Gasteiger partial charge is 0.326 e. The van der Waals surface area contributed by atoms with Crippen LogP contribution in [0.15, 0.2) is 52.4 Å². The molecule has 1 amide bonds. The number of nitrogens with zero attached hydrogens (tertiary/aromatic N) is 3. The van der Waals surface area contributed by atoms with E-state index in [1.165, 1.54) is 39.9 Å². The lowest BCUT2D eigenvalue weighted by Gasteiger charge is -2.16. The number of ether oxygens (including phenoxy) is 2. The Morgan fingerprint density at radius 1 is 1.06 bits per heavy atom. The fourth-order valence-electron chi connectivity index (χ4n) is 3.54. The lowest BCUT2D eigenvalue weighted by Crippen LogP contribution is -2.27. The van der Waals surface area contributed by atoms with Crippen LogP contribution in [0.3, 0.4) is 0 Å². The summed E-state index contributed by atoms with van der Waals surface area (Å²) in [4.78, 5) is 30.0. The molecule has 0 spiro atoms. The molecule has 9 nitrogen and oxygen atoms in total. The van der Waals surface area contributed by atoms with Crippen molar-refractivity contribution in [3.63, 3.8) is 0 Å². The third kappa shape index (κ3) is 6.21. The van der Waals surface area contributed by atoms with Gasteiger partial charge in [0.15, 0.2) is 4.80 Å². The minimum atomic E-state index is -3.64. The second-order valence-electron chi connectivity index (χ2n) is 7.93. The number of unbranched alkanes of at least 4 members (excludes halogenated alkanes) is 1. The lowest BCUT2D eigenvalue weighted by molar-refractivity contribution is -0.143. The van der Waals surface area contributed by atoms with Gasteiger partial charge >= 0.3 is 5.97 Å². The number of rotatable bonds is 11. The van der Waals surface area contributed by atoms with Crippen molar-refractivity contribution in [2.45, 2.75) is 45.1 Å². The van der Waals surface area contributed by atoms with Crippen molar-refractivity contribution < 1.29 is 27.5 Å². The highest BCUT2D eigenvalue weighted by Gasteiger charge is 2.21. The second kappa shape index (κ2) is 12.3. The molecule has 11 heteroatoms. The summed E-state index contributed by atoms with van der Waals surface area (Å²) in [5.74, 6) is -0.439. The molecule has 0 atom stereocenters. The van der Waals surface area contributed by atoms with E-state index in [1.807, 2.05) is 26.0 Å². The van der Waals surface area contributed by atoms with Crippen molar-refractivity contribution >= 4 is 43.5 Å². The number of sulfonamides is 1. The van der Waals surface area contributed by atoms with Crippen LogP contribution < -0.4 is 9.54 Å². The molecular weight excluding hydrogens is 502 g/mol. The highest BCUT2D eigenvalue weighted by molar-refractivity contribution is 7.89. The Bertz CT molecular complexity index is 1390. The summed E-state index contributed by atoms with van der Waals surface area (Å²) in [6.07, 6.45) is 1.64. The maximum Gasteiger partial charge on any atom is 0.326 e. The van der Waals surface area contributed by atoms with Gasteiger partial charge in [-0.15, -0.1) is 0 Å². The Labute approximate surface area is 215 Å². The molecule has 0 bridgehead atoms. The molecule has 1 heterocycles. The van der Waals surface area contributed by atoms with E-state index in [0.717, 1.165) is 17.5 Å². The third-order valence-electron chi connectivity index (χ3n) is 5.39. The van der Waals surface area contributed by atoms with Gasteiger partial charge in [-0.1, -0.05) is 30.7 Å². The molecule has 0 aliphatic carbocycles. The molecular formula is C25H31N3O6S2. The molecule has 0 radical (unpaired) electrons. The lowest BCUT2D eigenvalue weighted by atomic mass is 10.2. The molecule has 3 aromatic rings. The molecule has 3 rings (SSSR count). The Hall–Kier alpha value is -3.02. The summed E-state index contributed by atoms with van der Waals surface area (Å²) in [7, 11) is -2.10. The quantitative estimate of drug-likeness (QED) is 0.347. The molecule has 0 unspecified atom stereocenters. The van der Waals surface area contributed by atoms with E-state index in [9.17, 15) is 18.0 Å². The standard InChI is InChI=1S/C25H31N3O6S2/c1-5-8-16-27(4)36(31,32)19-14-12-18(13-15-19)24(30)26-25-28(17-22(29)34-7-3)23-20(33-6-2)10-9-11-21(23)35-25/h9-15H,5-8,16-17H2,1-4H3. The summed E-state index contributed by atoms with van der Waals surface area (Å²) >= 11 is 1.25. The Morgan fingerprint density at radius 3 is 2.42 bits per heavy atom. The summed E-state index contributed by atoms with van der Waals surface area (Å²) in [6.45, 7) is 6.53. The summed E-state index contributed by atoms with van der Waals surface area (Å²) < 4.78 is 40.1. The highest BCUT2D eigenvalue weighted by Crippen LogP contribution is 2.28. The van der Waals surface area contributed by atoms with Gasteiger partial charge in [-0.05, 0) is 56.7 Å². The van der Waals surface area contributed by atoms with Crippen LogP contribution in [-0.2, 0) is 26.1 Å². The number of hydrogen-bond acceptors (Lipinski definition) is 7. The van der Waals surface area contributed by atoms with E-state index >= 15 is 0 Å². The van der Waals surface area contributed by atoms with Crippen molar-refractivity contribution in [1.29, 1.82) is 0 Å². The van der Waals surface area contributed by atoms with E-state index in [4.69, 9.17) is 9.47 Å². The number of hydrogen-bond donors (Lipinski definition) is 0. The number of para-hydroxylation sites is 1. The highest BCUT2D eigenvalue weighted by atomic mass is 32.2. The van der Waals surface area contributed by atoms with Gasteiger partial charge in [0.2, 0.25) is 10.0 Å². The molecule has 2 aromatic carbocycles. The van der Waals surface area contributed by atoms with Crippen molar-refractivity contribution in [2.75, 3.05) is 26.8 Å². The Balaban J connectivity index is 2.00. The molecule has 0 N–H and O–H groups in total. The van der Waals surface area contributed by atoms with Crippen LogP contribution in [0.4, 0.5) is 0 Å². The van der Waals surface area contributed by atoms with Crippen LogP contribution in [-0.4, -0.2) is 56.0 Å². The molecule has 1 aromatic heterocycles. The number of fused-ring (bicyclic) bond motifs is 1. The first-order chi connectivity index (χ1) is 17.2. The van der Waals surface area contributed by atoms with Gasteiger partial charge in [-0.2, -0.15) is 4.99 Å². The zero-order valence-electron chi connectivity index (χ0n) is 20.9. The van der Waals surface area contributed by atoms with E-state index in [-0.39, 0.29) is 23.6 Å². The van der Waals surface area contributed by atoms with Gasteiger partial charge in [0.05, 0.1) is 22.8 Å². The van der Waals surface area contributed by atoms with Gasteiger partial charge in [-0.25, -0.2) is 12.7 Å². The van der Waals surface area contributed by atoms with Crippen LogP contribution in [0.5, 0.6) is 5.75 Å². The SMILES string of the molecule is CCCCN(C)S(=O)(=O)c1ccc(C(=O)N=c2sc3cccc(OCC)c3n2CC(=O)OCC)cc1. The van der Waals surface area contributed by atoms with Crippen molar-refractivity contribution in [3.05, 3.63) is 52.8 Å². The van der Waals surface area contributed by atoms with Crippen LogP contribution >= 0.6 is 11.3 Å². The Morgan fingerprint density at radius 2 is 1.78 bits per heavy atom. The van der Waals surface area contributed by atoms with E-state index in [1.54, 1.807) is 24.6 Å². The summed E-state index contributed by atoms with van der Waals surface area (Å²) in [5.41, 5.74) is 0.885. The van der Waals surface area contributed by atoms with Gasteiger partial charge in [0.25, 0.3) is 5.91 Å². The fraction of sp³-hybridized carbons (Fsp3) is 0.400. The van der Waals surface area contributed by atoms with Gasteiger partial charge in [-0.3, -0.25) is 9.59 Å². The topological polar surface area (TPSA) is 107 Å². The number of amides is 1. The first-order valence-corrected chi connectivity index (χ1v) is 14.0. The minimum Gasteiger partial charge on any atom is -0.492 e. The maximum absolute atomic E-state index is 13.0. The third-order valence-corrected chi connectivity index (χ3v) is 8.30. The number of thiazole rings is 1. The maximum atomic E-state index is 13.0. The largest absolute Gasteiger partial charge is 0.492 e. The number of aromatic nitrogens is 1. The average Bonchev–Trinajstić information content (AvgIpc) is 3.20. The zero-order valence-corrected chi connectivity index (χ0v) is 22.5. The minimum absolute atomic E-state index is 0.109. The summed E-state index contributed by atoms with van der Waals surface area (Å²) in [6, 6.07) is 11.2. The van der Waals surface area contributed by atoms with Gasteiger partial charge in [0.1, 0.15) is 17.8 Å². The van der Waals surface area contributed by atoms with Gasteiger partial charge < -0.3 is 14.0 Å². The molecule has 0 aliphatic rings. The number of esters is 1. The molecule has 0 saturated carbocycles. The Kier molecular flexibility index (Phi) is 9.41. The van der Waals surface area contributed by atoms with Crippen LogP contribution in [0.2, 0.25) is 0 Å². The van der Waals surface area contributed by atoms with Gasteiger partial charge in [0, 0.05) is 19.2 Å². The molecule has 194 valence electrons. The zero-order chi connectivity index (χ0) is 26.3. The fourth-order valence-corrected chi connectivity index (χ4v) is 5.79. The first-order valence-electron chi connectivity index (χ1n) is 11.8.